The SMILES string of the molecule is COc1cc(=O)c2c(=O)c3c(c(=O)c=2c1=O)=C(O)[C@]1(CCc2c1c(O)c1c(=O)[nH]c(/C=N/O)cc1c2Br)C=3O. The molecule has 12 nitrogen and oxygen atoms in total. The van der Waals surface area contributed by atoms with Crippen LogP contribution in [0.5, 0.6) is 11.5 Å². The number of aliphatic hydroxyl groups is 2. The van der Waals surface area contributed by atoms with Crippen molar-refractivity contribution in [3.05, 3.63) is 106 Å². The number of pyridine rings is 1. The molecule has 0 bridgehead atoms. The van der Waals surface area contributed by atoms with Gasteiger partial charge >= 0.3 is 0 Å². The third kappa shape index (κ3) is 2.76. The zero-order chi connectivity index (χ0) is 28.1. The van der Waals surface area contributed by atoms with Crippen molar-refractivity contribution in [3.8, 4) is 11.5 Å². The van der Waals surface area contributed by atoms with Crippen molar-refractivity contribution in [2.45, 2.75) is 18.3 Å². The van der Waals surface area contributed by atoms with Gasteiger partial charge in [-0.05, 0) is 40.4 Å². The molecule has 4 aliphatic rings. The summed E-state index contributed by atoms with van der Waals surface area (Å²) >= 11 is 3.42. The topological polar surface area (TPSA) is 204 Å². The third-order valence-corrected chi connectivity index (χ3v) is 8.48. The van der Waals surface area contributed by atoms with Gasteiger partial charge in [0.2, 0.25) is 16.3 Å². The lowest BCUT2D eigenvalue weighted by Gasteiger charge is -2.27. The summed E-state index contributed by atoms with van der Waals surface area (Å²) in [6, 6.07) is 2.20. The van der Waals surface area contributed by atoms with Gasteiger partial charge < -0.3 is 30.2 Å². The van der Waals surface area contributed by atoms with Crippen LogP contribution in [0.2, 0.25) is 0 Å². The second-order valence-electron chi connectivity index (χ2n) is 9.27. The molecule has 1 spiro atoms. The van der Waals surface area contributed by atoms with Crippen molar-refractivity contribution in [2.24, 2.45) is 5.16 Å². The van der Waals surface area contributed by atoms with E-state index in [0.717, 1.165) is 19.4 Å². The summed E-state index contributed by atoms with van der Waals surface area (Å²) in [4.78, 5) is 68.0. The highest BCUT2D eigenvalue weighted by atomic mass is 79.9. The summed E-state index contributed by atoms with van der Waals surface area (Å²) in [5.41, 5.74) is -6.73. The maximum atomic E-state index is 13.5. The molecule has 5 N–H and O–H groups in total. The Labute approximate surface area is 222 Å². The first-order valence-electron chi connectivity index (χ1n) is 11.4. The minimum absolute atomic E-state index is 0.104. The molecule has 6 rings (SSSR count). The molecular weight excluding hydrogens is 580 g/mol. The Kier molecular flexibility index (Phi) is 4.95. The first kappa shape index (κ1) is 24.6. The summed E-state index contributed by atoms with van der Waals surface area (Å²) < 4.78 is 5.19. The van der Waals surface area contributed by atoms with Gasteiger partial charge in [-0.3, -0.25) is 24.0 Å². The molecule has 39 heavy (non-hydrogen) atoms. The van der Waals surface area contributed by atoms with Crippen LogP contribution in [0.4, 0.5) is 0 Å². The average Bonchev–Trinajstić information content (AvgIpc) is 3.40. The number of oxime groups is 1. The Morgan fingerprint density at radius 3 is 2.23 bits per heavy atom. The Morgan fingerprint density at radius 1 is 0.974 bits per heavy atom. The molecule has 0 amide bonds. The number of nitrogens with zero attached hydrogens (tertiary/aromatic N) is 1. The fourth-order valence-electron chi connectivity index (χ4n) is 5.94. The number of aromatic nitrogens is 1. The summed E-state index contributed by atoms with van der Waals surface area (Å²) in [5, 5.41) is 43.2. The number of aliphatic hydroxyl groups excluding tert-OH is 2. The Morgan fingerprint density at radius 2 is 1.62 bits per heavy atom. The van der Waals surface area contributed by atoms with Crippen molar-refractivity contribution >= 4 is 44.4 Å². The molecule has 4 aliphatic carbocycles. The van der Waals surface area contributed by atoms with Gasteiger partial charge in [-0.2, -0.15) is 0 Å². The molecule has 196 valence electrons. The van der Waals surface area contributed by atoms with Crippen LogP contribution < -0.4 is 42.4 Å². The minimum Gasteiger partial charge on any atom is -0.510 e. The first-order valence-corrected chi connectivity index (χ1v) is 12.1. The number of methoxy groups -OCH3 is 1. The molecule has 1 aromatic heterocycles. The van der Waals surface area contributed by atoms with Crippen molar-refractivity contribution < 1.29 is 25.3 Å². The van der Waals surface area contributed by atoms with E-state index in [4.69, 9.17) is 9.94 Å². The standard InChI is InChI=1S/C26H15BrN2O10/c1-39-11-5-10(30)13-14(19(11)31)21(33)16-15(20(13)32)23(35)26(24(16)36)3-2-8-17(26)22(34)12-9(18(8)27)4-7(6-28-38)29-25(12)37/h4-6,34-36,38H,2-3H2,1H3,(H,29,37)/b28-6+/t26-/m0/s1. The largest absolute Gasteiger partial charge is 0.510 e. The van der Waals surface area contributed by atoms with Gasteiger partial charge in [0.15, 0.2) is 11.2 Å². The van der Waals surface area contributed by atoms with Crippen molar-refractivity contribution in [1.29, 1.82) is 0 Å². The predicted octanol–water partition coefficient (Wildman–Crippen LogP) is -0.916. The van der Waals surface area contributed by atoms with Crippen molar-refractivity contribution in [1.82, 2.24) is 4.98 Å². The number of rotatable bonds is 2. The Hall–Kier alpha value is -4.78. The first-order chi connectivity index (χ1) is 18.5. The number of aromatic amines is 1. The molecule has 0 saturated carbocycles. The number of fused-ring (bicyclic) bond motifs is 4. The van der Waals surface area contributed by atoms with Crippen LogP contribution in [0.3, 0.4) is 0 Å². The number of ether oxygens (including phenoxy) is 1. The van der Waals surface area contributed by atoms with Crippen LogP contribution in [-0.4, -0.2) is 38.8 Å². The molecule has 0 fully saturated rings. The van der Waals surface area contributed by atoms with E-state index in [-0.39, 0.29) is 34.9 Å². The lowest BCUT2D eigenvalue weighted by molar-refractivity contribution is 0.321. The van der Waals surface area contributed by atoms with Crippen LogP contribution >= 0.6 is 15.9 Å². The van der Waals surface area contributed by atoms with Crippen LogP contribution in [0.1, 0.15) is 23.2 Å². The number of nitrogens with one attached hydrogen (secondary N) is 1. The van der Waals surface area contributed by atoms with Gasteiger partial charge in [0.25, 0.3) is 5.56 Å². The highest BCUT2D eigenvalue weighted by Gasteiger charge is 2.53. The summed E-state index contributed by atoms with van der Waals surface area (Å²) in [6.07, 6.45) is 0.950. The third-order valence-electron chi connectivity index (χ3n) is 7.57. The maximum Gasteiger partial charge on any atom is 0.260 e. The molecule has 1 heterocycles. The maximum absolute atomic E-state index is 13.5. The molecule has 0 radical (unpaired) electrons. The van der Waals surface area contributed by atoms with Gasteiger partial charge in [-0.15, -0.1) is 0 Å². The zero-order valence-corrected chi connectivity index (χ0v) is 21.3. The van der Waals surface area contributed by atoms with Gasteiger partial charge in [-0.25, -0.2) is 0 Å². The van der Waals surface area contributed by atoms with Crippen molar-refractivity contribution in [3.63, 3.8) is 0 Å². The van der Waals surface area contributed by atoms with Crippen LogP contribution in [-0.2, 0) is 11.8 Å². The Bertz CT molecular complexity index is 2330. The Balaban J connectivity index is 1.84. The molecule has 0 unspecified atom stereocenters. The highest BCUT2D eigenvalue weighted by molar-refractivity contribution is 9.10. The summed E-state index contributed by atoms with van der Waals surface area (Å²) in [7, 11) is 1.11. The number of phenolic OH excluding ortho intramolecular Hbond substituents is 1. The highest BCUT2D eigenvalue weighted by Crippen LogP contribution is 2.56. The number of halogens is 1. The van der Waals surface area contributed by atoms with E-state index < -0.39 is 76.6 Å². The normalized spacial score (nSPS) is 18.1. The molecule has 2 aromatic rings. The van der Waals surface area contributed by atoms with Crippen LogP contribution in [0, 0.1) is 10.4 Å². The van der Waals surface area contributed by atoms with Gasteiger partial charge in [-0.1, -0.05) is 5.16 Å². The van der Waals surface area contributed by atoms with Crippen LogP contribution in [0.25, 0.3) is 22.3 Å². The molecule has 0 saturated heterocycles. The number of hydrogen-bond acceptors (Lipinski definition) is 11. The van der Waals surface area contributed by atoms with Gasteiger partial charge in [0.05, 0.1) is 45.3 Å². The molecule has 1 aromatic carbocycles. The predicted molar refractivity (Wildman–Crippen MR) is 140 cm³/mol. The monoisotopic (exact) mass is 594 g/mol. The van der Waals surface area contributed by atoms with E-state index >= 15 is 0 Å². The second kappa shape index (κ2) is 7.86. The van der Waals surface area contributed by atoms with Gasteiger partial charge in [0.1, 0.15) is 22.7 Å². The number of H-pyrrole nitrogens is 1. The van der Waals surface area contributed by atoms with Gasteiger partial charge in [0, 0.05) is 21.5 Å². The minimum atomic E-state index is -2.01. The van der Waals surface area contributed by atoms with Crippen molar-refractivity contribution in [2.75, 3.05) is 7.11 Å². The van der Waals surface area contributed by atoms with E-state index in [1.807, 2.05) is 0 Å². The average molecular weight is 595 g/mol. The fraction of sp³-hybridized carbons (Fsp3) is 0.154. The quantitative estimate of drug-likeness (QED) is 0.110. The van der Waals surface area contributed by atoms with E-state index in [9.17, 15) is 39.3 Å². The smallest absolute Gasteiger partial charge is 0.260 e. The molecular formula is C26H15BrN2O10. The lowest BCUT2D eigenvalue weighted by Crippen LogP contribution is -2.51. The summed E-state index contributed by atoms with van der Waals surface area (Å²) in [5.74, 6) is -2.68. The fourth-order valence-corrected chi connectivity index (χ4v) is 6.65. The number of hydrogen-bond donors (Lipinski definition) is 5. The molecule has 1 atom stereocenters. The zero-order valence-electron chi connectivity index (χ0n) is 19.7. The summed E-state index contributed by atoms with van der Waals surface area (Å²) in [6.45, 7) is 0. The van der Waals surface area contributed by atoms with E-state index in [0.29, 0.717) is 10.0 Å². The lowest BCUT2D eigenvalue weighted by atomic mass is 9.78. The molecule has 13 heteroatoms. The van der Waals surface area contributed by atoms with E-state index in [1.54, 1.807) is 0 Å². The second-order valence-corrected chi connectivity index (χ2v) is 10.1. The number of phenols is 1. The van der Waals surface area contributed by atoms with E-state index in [1.165, 1.54) is 6.07 Å². The number of benzene rings is 1. The molecule has 0 aliphatic heterocycles. The van der Waals surface area contributed by atoms with Crippen LogP contribution in [0.15, 0.2) is 45.7 Å². The number of aromatic hydroxyl groups is 1. The van der Waals surface area contributed by atoms with E-state index in [2.05, 4.69) is 26.1 Å².